The van der Waals surface area contributed by atoms with Crippen LogP contribution in [0.25, 0.3) is 0 Å². The Balaban J connectivity index is 2.61. The quantitative estimate of drug-likeness (QED) is 0.662. The van der Waals surface area contributed by atoms with Crippen LogP contribution < -0.4 is 5.73 Å². The van der Waals surface area contributed by atoms with Gasteiger partial charge < -0.3 is 15.7 Å². The molecule has 1 unspecified atom stereocenters. The fraction of sp³-hybridized carbons (Fsp3) is 0.818. The first-order chi connectivity index (χ1) is 7.60. The molecule has 1 fully saturated rings. The van der Waals surface area contributed by atoms with Crippen molar-refractivity contribution in [2.75, 3.05) is 13.1 Å². The van der Waals surface area contributed by atoms with Crippen molar-refractivity contribution in [3.05, 3.63) is 0 Å². The zero-order valence-electron chi connectivity index (χ0n) is 9.69. The maximum absolute atomic E-state index is 12.1. The van der Waals surface area contributed by atoms with Crippen LogP contribution in [0.1, 0.15) is 32.6 Å². The average molecular weight is 228 g/mol. The maximum Gasteiger partial charge on any atom is 0.323 e. The van der Waals surface area contributed by atoms with Gasteiger partial charge in [0.1, 0.15) is 6.54 Å². The van der Waals surface area contributed by atoms with Crippen LogP contribution in [0.2, 0.25) is 0 Å². The molecule has 16 heavy (non-hydrogen) atoms. The second-order valence-corrected chi connectivity index (χ2v) is 4.31. The van der Waals surface area contributed by atoms with Gasteiger partial charge in [0.15, 0.2) is 0 Å². The third-order valence-electron chi connectivity index (χ3n) is 2.85. The first-order valence-electron chi connectivity index (χ1n) is 5.82. The SMILES string of the molecule is CCCC(CN)C(=O)N(CC(=O)O)C1CC1. The van der Waals surface area contributed by atoms with Gasteiger partial charge in [0.25, 0.3) is 0 Å². The summed E-state index contributed by atoms with van der Waals surface area (Å²) < 4.78 is 0. The Labute approximate surface area is 95.6 Å². The van der Waals surface area contributed by atoms with Gasteiger partial charge in [-0.25, -0.2) is 0 Å². The molecule has 1 aliphatic rings. The van der Waals surface area contributed by atoms with Crippen LogP contribution in [0.4, 0.5) is 0 Å². The van der Waals surface area contributed by atoms with E-state index in [9.17, 15) is 9.59 Å². The van der Waals surface area contributed by atoms with Crippen LogP contribution >= 0.6 is 0 Å². The third kappa shape index (κ3) is 3.48. The molecule has 0 spiro atoms. The van der Waals surface area contributed by atoms with E-state index in [1.54, 1.807) is 0 Å². The molecule has 92 valence electrons. The summed E-state index contributed by atoms with van der Waals surface area (Å²) in [4.78, 5) is 24.2. The van der Waals surface area contributed by atoms with E-state index in [-0.39, 0.29) is 24.4 Å². The van der Waals surface area contributed by atoms with Gasteiger partial charge in [-0.1, -0.05) is 13.3 Å². The van der Waals surface area contributed by atoms with Crippen LogP contribution in [0.5, 0.6) is 0 Å². The van der Waals surface area contributed by atoms with Gasteiger partial charge in [0.05, 0.1) is 5.92 Å². The van der Waals surface area contributed by atoms with Crippen LogP contribution in [0, 0.1) is 5.92 Å². The zero-order valence-corrected chi connectivity index (χ0v) is 9.69. The number of aliphatic carboxylic acids is 1. The largest absolute Gasteiger partial charge is 0.480 e. The summed E-state index contributed by atoms with van der Waals surface area (Å²) in [5.74, 6) is -1.26. The van der Waals surface area contributed by atoms with Gasteiger partial charge in [0.2, 0.25) is 5.91 Å². The van der Waals surface area contributed by atoms with Gasteiger partial charge in [-0.05, 0) is 19.3 Å². The molecule has 0 radical (unpaired) electrons. The van der Waals surface area contributed by atoms with Crippen molar-refractivity contribution < 1.29 is 14.7 Å². The molecule has 0 aliphatic heterocycles. The first-order valence-corrected chi connectivity index (χ1v) is 5.82. The van der Waals surface area contributed by atoms with E-state index in [1.165, 1.54) is 4.90 Å². The highest BCUT2D eigenvalue weighted by molar-refractivity contribution is 5.83. The van der Waals surface area contributed by atoms with Gasteiger partial charge in [0, 0.05) is 12.6 Å². The number of hydrogen-bond donors (Lipinski definition) is 2. The molecule has 1 aliphatic carbocycles. The standard InChI is InChI=1S/C11H20N2O3/c1-2-3-8(6-12)11(16)13(7-10(14)15)9-4-5-9/h8-9H,2-7,12H2,1H3,(H,14,15). The predicted molar refractivity (Wildman–Crippen MR) is 59.8 cm³/mol. The molecule has 0 bridgehead atoms. The number of carbonyl (C=O) groups is 2. The molecule has 0 saturated heterocycles. The molecule has 1 saturated carbocycles. The van der Waals surface area contributed by atoms with E-state index in [1.807, 2.05) is 6.92 Å². The minimum atomic E-state index is -0.951. The van der Waals surface area contributed by atoms with E-state index in [0.717, 1.165) is 25.7 Å². The van der Waals surface area contributed by atoms with E-state index in [0.29, 0.717) is 6.54 Å². The number of carboxylic acids is 1. The van der Waals surface area contributed by atoms with Crippen LogP contribution in [-0.2, 0) is 9.59 Å². The van der Waals surface area contributed by atoms with Crippen LogP contribution in [0.15, 0.2) is 0 Å². The fourth-order valence-corrected chi connectivity index (χ4v) is 1.84. The summed E-state index contributed by atoms with van der Waals surface area (Å²) in [6.45, 7) is 2.10. The Kier molecular flexibility index (Phi) is 4.73. The van der Waals surface area contributed by atoms with E-state index in [2.05, 4.69) is 0 Å². The molecule has 0 aromatic rings. The second kappa shape index (κ2) is 5.84. The lowest BCUT2D eigenvalue weighted by Gasteiger charge is -2.25. The van der Waals surface area contributed by atoms with Crippen molar-refractivity contribution >= 4 is 11.9 Å². The fourth-order valence-electron chi connectivity index (χ4n) is 1.84. The van der Waals surface area contributed by atoms with Crippen molar-refractivity contribution in [2.45, 2.75) is 38.6 Å². The molecule has 0 aromatic carbocycles. The van der Waals surface area contributed by atoms with E-state index >= 15 is 0 Å². The summed E-state index contributed by atoms with van der Waals surface area (Å²) in [5, 5.41) is 8.77. The molecule has 1 rings (SSSR count). The topological polar surface area (TPSA) is 83.6 Å². The molecule has 1 atom stereocenters. The molecule has 0 heterocycles. The lowest BCUT2D eigenvalue weighted by Crippen LogP contribution is -2.43. The number of amides is 1. The molecular weight excluding hydrogens is 208 g/mol. The highest BCUT2D eigenvalue weighted by Gasteiger charge is 2.36. The highest BCUT2D eigenvalue weighted by Crippen LogP contribution is 2.28. The molecule has 5 nitrogen and oxygen atoms in total. The average Bonchev–Trinajstić information content (AvgIpc) is 3.05. The van der Waals surface area contributed by atoms with Crippen molar-refractivity contribution in [1.82, 2.24) is 4.90 Å². The summed E-state index contributed by atoms with van der Waals surface area (Å²) >= 11 is 0. The molecule has 0 aromatic heterocycles. The van der Waals surface area contributed by atoms with Crippen molar-refractivity contribution in [1.29, 1.82) is 0 Å². The maximum atomic E-state index is 12.1. The lowest BCUT2D eigenvalue weighted by atomic mass is 10.0. The zero-order chi connectivity index (χ0) is 12.1. The molecule has 5 heteroatoms. The van der Waals surface area contributed by atoms with Crippen molar-refractivity contribution in [2.24, 2.45) is 11.7 Å². The van der Waals surface area contributed by atoms with E-state index in [4.69, 9.17) is 10.8 Å². The molecule has 1 amide bonds. The number of carbonyl (C=O) groups excluding carboxylic acids is 1. The highest BCUT2D eigenvalue weighted by atomic mass is 16.4. The number of nitrogens with zero attached hydrogens (tertiary/aromatic N) is 1. The Morgan fingerprint density at radius 2 is 2.12 bits per heavy atom. The third-order valence-corrected chi connectivity index (χ3v) is 2.85. The Bertz CT molecular complexity index is 264. The Hall–Kier alpha value is -1.10. The lowest BCUT2D eigenvalue weighted by molar-refractivity contribution is -0.146. The number of hydrogen-bond acceptors (Lipinski definition) is 3. The van der Waals surface area contributed by atoms with E-state index < -0.39 is 5.97 Å². The summed E-state index contributed by atoms with van der Waals surface area (Å²) in [6, 6.07) is 0.134. The second-order valence-electron chi connectivity index (χ2n) is 4.31. The smallest absolute Gasteiger partial charge is 0.323 e. The monoisotopic (exact) mass is 228 g/mol. The van der Waals surface area contributed by atoms with Crippen LogP contribution in [0.3, 0.4) is 0 Å². The Morgan fingerprint density at radius 1 is 1.50 bits per heavy atom. The minimum absolute atomic E-state index is 0.0887. The van der Waals surface area contributed by atoms with Gasteiger partial charge in [-0.15, -0.1) is 0 Å². The number of rotatable bonds is 7. The van der Waals surface area contributed by atoms with Crippen molar-refractivity contribution in [3.63, 3.8) is 0 Å². The summed E-state index contributed by atoms with van der Waals surface area (Å²) in [6.07, 6.45) is 3.46. The predicted octanol–water partition coefficient (Wildman–Crippen LogP) is 0.437. The van der Waals surface area contributed by atoms with Crippen LogP contribution in [-0.4, -0.2) is 41.0 Å². The number of nitrogens with two attached hydrogens (primary N) is 1. The number of carboxylic acid groups (broad SMARTS) is 1. The normalized spacial score (nSPS) is 16.9. The van der Waals surface area contributed by atoms with Crippen molar-refractivity contribution in [3.8, 4) is 0 Å². The van der Waals surface area contributed by atoms with Gasteiger partial charge in [-0.3, -0.25) is 9.59 Å². The van der Waals surface area contributed by atoms with Gasteiger partial charge in [-0.2, -0.15) is 0 Å². The molecule has 3 N–H and O–H groups in total. The minimum Gasteiger partial charge on any atom is -0.480 e. The first kappa shape index (κ1) is 13.0. The Morgan fingerprint density at radius 3 is 2.50 bits per heavy atom. The molecular formula is C11H20N2O3. The summed E-state index contributed by atoms with van der Waals surface area (Å²) in [5.41, 5.74) is 5.55. The summed E-state index contributed by atoms with van der Waals surface area (Å²) in [7, 11) is 0. The van der Waals surface area contributed by atoms with Gasteiger partial charge >= 0.3 is 5.97 Å².